The van der Waals surface area contributed by atoms with Crippen molar-refractivity contribution in [3.63, 3.8) is 0 Å². The van der Waals surface area contributed by atoms with E-state index in [1.54, 1.807) is 42.1 Å². The van der Waals surface area contributed by atoms with Crippen molar-refractivity contribution < 1.29 is 14.3 Å². The van der Waals surface area contributed by atoms with Gasteiger partial charge in [0.1, 0.15) is 5.75 Å². The molecule has 7 nitrogen and oxygen atoms in total. The first-order valence-electron chi connectivity index (χ1n) is 9.88. The lowest BCUT2D eigenvalue weighted by atomic mass is 10.1. The van der Waals surface area contributed by atoms with Crippen molar-refractivity contribution in [2.45, 2.75) is 20.0 Å². The highest BCUT2D eigenvalue weighted by atomic mass is 16.5. The van der Waals surface area contributed by atoms with Crippen molar-refractivity contribution in [2.75, 3.05) is 0 Å². The normalized spacial score (nSPS) is 11.7. The van der Waals surface area contributed by atoms with E-state index in [0.717, 1.165) is 22.2 Å². The zero-order valence-electron chi connectivity index (χ0n) is 17.2. The van der Waals surface area contributed by atoms with Crippen molar-refractivity contribution in [3.8, 4) is 11.4 Å². The lowest BCUT2D eigenvalue weighted by Crippen LogP contribution is -2.47. The molecule has 4 rings (SSSR count). The van der Waals surface area contributed by atoms with Gasteiger partial charge in [0.2, 0.25) is 0 Å². The molecule has 1 unspecified atom stereocenters. The number of aromatic nitrogens is 2. The zero-order valence-corrected chi connectivity index (χ0v) is 17.2. The second-order valence-electron chi connectivity index (χ2n) is 7.14. The second kappa shape index (κ2) is 8.71. The Morgan fingerprint density at radius 1 is 0.935 bits per heavy atom. The second-order valence-corrected chi connectivity index (χ2v) is 7.14. The monoisotopic (exact) mass is 414 g/mol. The highest BCUT2D eigenvalue weighted by molar-refractivity contribution is 5.96. The predicted octanol–water partition coefficient (Wildman–Crippen LogP) is 3.56. The minimum atomic E-state index is -0.786. The van der Waals surface area contributed by atoms with Gasteiger partial charge in [0.15, 0.2) is 6.10 Å². The highest BCUT2D eigenvalue weighted by Crippen LogP contribution is 2.21. The van der Waals surface area contributed by atoms with Crippen LogP contribution in [0.5, 0.6) is 5.75 Å². The summed E-state index contributed by atoms with van der Waals surface area (Å²) in [6.45, 7) is 3.57. The molecule has 0 saturated carbocycles. The number of amides is 2. The van der Waals surface area contributed by atoms with E-state index in [2.05, 4.69) is 16.0 Å². The third-order valence-electron chi connectivity index (χ3n) is 4.91. The first kappa shape index (κ1) is 20.2. The number of carbonyl (C=O) groups excluding carboxylic acids is 2. The summed E-state index contributed by atoms with van der Waals surface area (Å²) in [4.78, 5) is 24.7. The van der Waals surface area contributed by atoms with Gasteiger partial charge in [-0.25, -0.2) is 4.68 Å². The standard InChI is InChI=1S/C24H22N4O3/c1-16-13-14-25-28(16)21-10-7-19(8-11-21)24(30)27-26-23(29)17(2)31-22-12-9-18-5-3-4-6-20(18)15-22/h3-15,17H,1-2H3,(H,26,29)(H,27,30). The number of hydrogen-bond acceptors (Lipinski definition) is 4. The molecule has 3 aromatic carbocycles. The molecular formula is C24H22N4O3. The molecule has 156 valence electrons. The van der Waals surface area contributed by atoms with E-state index in [1.807, 2.05) is 55.5 Å². The molecule has 7 heteroatoms. The number of fused-ring (bicyclic) bond motifs is 1. The number of nitrogens with one attached hydrogen (secondary N) is 2. The third-order valence-corrected chi connectivity index (χ3v) is 4.91. The van der Waals surface area contributed by atoms with Gasteiger partial charge in [-0.15, -0.1) is 0 Å². The van der Waals surface area contributed by atoms with E-state index in [1.165, 1.54) is 0 Å². The highest BCUT2D eigenvalue weighted by Gasteiger charge is 2.16. The Kier molecular flexibility index (Phi) is 5.66. The lowest BCUT2D eigenvalue weighted by molar-refractivity contribution is -0.128. The number of carbonyl (C=O) groups is 2. The van der Waals surface area contributed by atoms with Crippen molar-refractivity contribution in [3.05, 3.63) is 90.3 Å². The number of rotatable bonds is 5. The topological polar surface area (TPSA) is 85.3 Å². The lowest BCUT2D eigenvalue weighted by Gasteiger charge is -2.15. The van der Waals surface area contributed by atoms with Gasteiger partial charge in [0.25, 0.3) is 11.8 Å². The number of hydrazine groups is 1. The van der Waals surface area contributed by atoms with Crippen LogP contribution in [0.3, 0.4) is 0 Å². The number of nitrogens with zero attached hydrogens (tertiary/aromatic N) is 2. The average molecular weight is 414 g/mol. The maximum Gasteiger partial charge on any atom is 0.279 e. The molecule has 0 saturated heterocycles. The van der Waals surface area contributed by atoms with Gasteiger partial charge in [0.05, 0.1) is 5.69 Å². The Bertz CT molecular complexity index is 1230. The predicted molar refractivity (Wildman–Crippen MR) is 118 cm³/mol. The van der Waals surface area contributed by atoms with Gasteiger partial charge in [-0.05, 0) is 67.1 Å². The Morgan fingerprint density at radius 3 is 2.39 bits per heavy atom. The van der Waals surface area contributed by atoms with Crippen LogP contribution in [-0.2, 0) is 4.79 Å². The molecule has 0 spiro atoms. The fraction of sp³-hybridized carbons (Fsp3) is 0.125. The van der Waals surface area contributed by atoms with Crippen molar-refractivity contribution in [1.29, 1.82) is 0 Å². The fourth-order valence-corrected chi connectivity index (χ4v) is 3.18. The van der Waals surface area contributed by atoms with Crippen molar-refractivity contribution >= 4 is 22.6 Å². The quantitative estimate of drug-likeness (QED) is 0.489. The van der Waals surface area contributed by atoms with E-state index >= 15 is 0 Å². The van der Waals surface area contributed by atoms with Crippen molar-refractivity contribution in [1.82, 2.24) is 20.6 Å². The summed E-state index contributed by atoms with van der Waals surface area (Å²) in [7, 11) is 0. The summed E-state index contributed by atoms with van der Waals surface area (Å²) in [5.41, 5.74) is 7.08. The van der Waals surface area contributed by atoms with E-state index in [-0.39, 0.29) is 0 Å². The summed E-state index contributed by atoms with van der Waals surface area (Å²) in [6, 6.07) is 22.4. The molecule has 2 N–H and O–H groups in total. The molecule has 0 aliphatic carbocycles. The number of ether oxygens (including phenoxy) is 1. The summed E-state index contributed by atoms with van der Waals surface area (Å²) >= 11 is 0. The third kappa shape index (κ3) is 4.56. The van der Waals surface area contributed by atoms with Crippen LogP contribution < -0.4 is 15.6 Å². The van der Waals surface area contributed by atoms with Gasteiger partial charge >= 0.3 is 0 Å². The molecule has 31 heavy (non-hydrogen) atoms. The van der Waals surface area contributed by atoms with Crippen molar-refractivity contribution in [2.24, 2.45) is 0 Å². The van der Waals surface area contributed by atoms with E-state index in [0.29, 0.717) is 11.3 Å². The molecule has 1 heterocycles. The average Bonchev–Trinajstić information content (AvgIpc) is 3.23. The van der Waals surface area contributed by atoms with E-state index < -0.39 is 17.9 Å². The summed E-state index contributed by atoms with van der Waals surface area (Å²) in [6.07, 6.45) is 0.929. The Labute approximate surface area is 179 Å². The fourth-order valence-electron chi connectivity index (χ4n) is 3.18. The molecule has 0 bridgehead atoms. The van der Waals surface area contributed by atoms with Crippen LogP contribution in [0.4, 0.5) is 0 Å². The van der Waals surface area contributed by atoms with Crippen LogP contribution in [0.1, 0.15) is 23.0 Å². The maximum absolute atomic E-state index is 12.4. The maximum atomic E-state index is 12.4. The molecule has 1 aromatic heterocycles. The minimum Gasteiger partial charge on any atom is -0.481 e. The van der Waals surface area contributed by atoms with Crippen LogP contribution in [0.2, 0.25) is 0 Å². The molecule has 0 radical (unpaired) electrons. The molecular weight excluding hydrogens is 392 g/mol. The minimum absolute atomic E-state index is 0.414. The molecule has 4 aromatic rings. The molecule has 0 aliphatic heterocycles. The zero-order chi connectivity index (χ0) is 21.8. The Balaban J connectivity index is 1.33. The van der Waals surface area contributed by atoms with Gasteiger partial charge < -0.3 is 4.74 Å². The van der Waals surface area contributed by atoms with Crippen LogP contribution in [0.15, 0.2) is 79.0 Å². The first-order chi connectivity index (χ1) is 15.0. The SMILES string of the molecule is Cc1ccnn1-c1ccc(C(=O)NNC(=O)C(C)Oc2ccc3ccccc3c2)cc1. The Hall–Kier alpha value is -4.13. The van der Waals surface area contributed by atoms with Gasteiger partial charge in [-0.3, -0.25) is 20.4 Å². The molecule has 1 atom stereocenters. The van der Waals surface area contributed by atoms with Crippen LogP contribution in [0, 0.1) is 6.92 Å². The smallest absolute Gasteiger partial charge is 0.279 e. The Morgan fingerprint density at radius 2 is 1.68 bits per heavy atom. The van der Waals surface area contributed by atoms with Gasteiger partial charge in [-0.2, -0.15) is 5.10 Å². The van der Waals surface area contributed by atoms with Gasteiger partial charge in [-0.1, -0.05) is 30.3 Å². The van der Waals surface area contributed by atoms with E-state index in [9.17, 15) is 9.59 Å². The van der Waals surface area contributed by atoms with Crippen LogP contribution >= 0.6 is 0 Å². The van der Waals surface area contributed by atoms with Gasteiger partial charge in [0, 0.05) is 17.5 Å². The first-order valence-corrected chi connectivity index (χ1v) is 9.88. The molecule has 0 aliphatic rings. The summed E-state index contributed by atoms with van der Waals surface area (Å²) < 4.78 is 7.49. The summed E-state index contributed by atoms with van der Waals surface area (Å²) in [5.74, 6) is -0.294. The summed E-state index contributed by atoms with van der Waals surface area (Å²) in [5, 5.41) is 6.35. The van der Waals surface area contributed by atoms with Crippen LogP contribution in [-0.4, -0.2) is 27.7 Å². The van der Waals surface area contributed by atoms with Crippen LogP contribution in [0.25, 0.3) is 16.5 Å². The van der Waals surface area contributed by atoms with E-state index in [4.69, 9.17) is 4.74 Å². The molecule has 0 fully saturated rings. The molecule has 2 amide bonds. The number of aryl methyl sites for hydroxylation is 1. The number of hydrogen-bond donors (Lipinski definition) is 2. The number of benzene rings is 3. The largest absolute Gasteiger partial charge is 0.481 e.